The molecule has 6 heteroatoms. The van der Waals surface area contributed by atoms with E-state index in [-0.39, 0.29) is 24.2 Å². The third kappa shape index (κ3) is 3.97. The second kappa shape index (κ2) is 6.08. The van der Waals surface area contributed by atoms with Gasteiger partial charge in [0.15, 0.2) is 11.6 Å². The van der Waals surface area contributed by atoms with E-state index >= 15 is 0 Å². The highest BCUT2D eigenvalue weighted by Crippen LogP contribution is 2.13. The smallest absolute Gasteiger partial charge is 0.238 e. The van der Waals surface area contributed by atoms with Gasteiger partial charge in [-0.25, -0.2) is 8.78 Å². The lowest BCUT2D eigenvalue weighted by molar-refractivity contribution is -0.119. The molecule has 0 spiro atoms. The molecule has 1 atom stereocenters. The normalized spacial score (nSPS) is 20.3. The number of hydrogen-bond acceptors (Lipinski definition) is 3. The molecule has 19 heavy (non-hydrogen) atoms. The van der Waals surface area contributed by atoms with Crippen molar-refractivity contribution in [2.75, 3.05) is 31.6 Å². The van der Waals surface area contributed by atoms with E-state index < -0.39 is 11.6 Å². The van der Waals surface area contributed by atoms with Crippen LogP contribution in [0.5, 0.6) is 0 Å². The quantitative estimate of drug-likeness (QED) is 0.907. The Morgan fingerprint density at radius 2 is 2.26 bits per heavy atom. The number of benzene rings is 1. The Kier molecular flexibility index (Phi) is 4.44. The topological polar surface area (TPSA) is 41.6 Å². The summed E-state index contributed by atoms with van der Waals surface area (Å²) >= 11 is 0. The van der Waals surface area contributed by atoms with Crippen molar-refractivity contribution in [1.29, 1.82) is 0 Å². The van der Waals surface area contributed by atoms with Gasteiger partial charge in [-0.05, 0) is 19.1 Å². The van der Waals surface area contributed by atoms with Gasteiger partial charge in [0, 0.05) is 24.8 Å². The van der Waals surface area contributed by atoms with E-state index in [1.807, 2.05) is 11.8 Å². The van der Waals surface area contributed by atoms with Crippen LogP contribution in [-0.4, -0.2) is 43.2 Å². The van der Waals surface area contributed by atoms with Crippen LogP contribution in [0.25, 0.3) is 0 Å². The van der Waals surface area contributed by atoms with E-state index in [1.165, 1.54) is 6.07 Å². The fraction of sp³-hybridized carbons (Fsp3) is 0.462. The summed E-state index contributed by atoms with van der Waals surface area (Å²) in [6, 6.07) is 3.29. The largest absolute Gasteiger partial charge is 0.376 e. The molecule has 1 heterocycles. The number of halogens is 2. The molecule has 0 saturated carbocycles. The molecule has 1 saturated heterocycles. The molecule has 1 aromatic rings. The summed E-state index contributed by atoms with van der Waals surface area (Å²) in [4.78, 5) is 13.7. The summed E-state index contributed by atoms with van der Waals surface area (Å²) in [6.07, 6.45) is 0.102. The summed E-state index contributed by atoms with van der Waals surface area (Å²) in [5, 5.41) is 2.54. The fourth-order valence-corrected chi connectivity index (χ4v) is 2.01. The first-order valence-corrected chi connectivity index (χ1v) is 6.13. The number of rotatable bonds is 3. The predicted molar refractivity (Wildman–Crippen MR) is 66.8 cm³/mol. The average molecular weight is 270 g/mol. The predicted octanol–water partition coefficient (Wildman–Crippen LogP) is 1.62. The van der Waals surface area contributed by atoms with E-state index in [0.29, 0.717) is 19.7 Å². The number of carbonyl (C=O) groups is 1. The van der Waals surface area contributed by atoms with Crippen molar-refractivity contribution in [3.8, 4) is 0 Å². The number of hydrogen-bond donors (Lipinski definition) is 1. The number of amides is 1. The van der Waals surface area contributed by atoms with E-state index in [1.54, 1.807) is 0 Å². The Balaban J connectivity index is 1.88. The zero-order valence-corrected chi connectivity index (χ0v) is 10.7. The summed E-state index contributed by atoms with van der Waals surface area (Å²) < 4.78 is 31.1. The summed E-state index contributed by atoms with van der Waals surface area (Å²) in [5.41, 5.74) is 0.255. The van der Waals surface area contributed by atoms with E-state index in [4.69, 9.17) is 4.74 Å². The van der Waals surface area contributed by atoms with Gasteiger partial charge in [0.25, 0.3) is 0 Å². The highest BCUT2D eigenvalue weighted by molar-refractivity contribution is 5.92. The van der Waals surface area contributed by atoms with E-state index in [9.17, 15) is 13.6 Å². The number of morpholine rings is 1. The van der Waals surface area contributed by atoms with Crippen molar-refractivity contribution in [3.63, 3.8) is 0 Å². The summed E-state index contributed by atoms with van der Waals surface area (Å²) in [7, 11) is 0. The van der Waals surface area contributed by atoms with Gasteiger partial charge in [-0.1, -0.05) is 0 Å². The monoisotopic (exact) mass is 270 g/mol. The zero-order valence-electron chi connectivity index (χ0n) is 10.7. The molecule has 0 bridgehead atoms. The van der Waals surface area contributed by atoms with Crippen molar-refractivity contribution in [3.05, 3.63) is 29.8 Å². The van der Waals surface area contributed by atoms with Gasteiger partial charge in [-0.3, -0.25) is 9.69 Å². The van der Waals surface area contributed by atoms with Crippen LogP contribution in [-0.2, 0) is 9.53 Å². The maximum atomic E-state index is 13.0. The number of nitrogens with zero attached hydrogens (tertiary/aromatic N) is 1. The molecule has 1 N–H and O–H groups in total. The molecule has 0 radical (unpaired) electrons. The molecular weight excluding hydrogens is 254 g/mol. The molecule has 1 aromatic carbocycles. The molecule has 0 aliphatic carbocycles. The van der Waals surface area contributed by atoms with Gasteiger partial charge in [0.2, 0.25) is 5.91 Å². The van der Waals surface area contributed by atoms with Crippen LogP contribution in [0.2, 0.25) is 0 Å². The standard InChI is InChI=1S/C13H16F2N2O2/c1-9-7-17(4-5-19-9)8-13(18)16-10-2-3-11(14)12(15)6-10/h2-3,6,9H,4-5,7-8H2,1H3,(H,16,18)/t9-/m1/s1. The van der Waals surface area contributed by atoms with Crippen molar-refractivity contribution >= 4 is 11.6 Å². The second-order valence-corrected chi connectivity index (χ2v) is 4.59. The molecule has 1 aliphatic heterocycles. The maximum absolute atomic E-state index is 13.0. The van der Waals surface area contributed by atoms with Crippen LogP contribution in [0.4, 0.5) is 14.5 Å². The third-order valence-electron chi connectivity index (χ3n) is 2.90. The first-order chi connectivity index (χ1) is 9.04. The Hall–Kier alpha value is -1.53. The molecule has 1 fully saturated rings. The lowest BCUT2D eigenvalue weighted by Crippen LogP contribution is -2.44. The molecule has 104 valence electrons. The number of carbonyl (C=O) groups excluding carboxylic acids is 1. The van der Waals surface area contributed by atoms with Gasteiger partial charge in [0.1, 0.15) is 0 Å². The Morgan fingerprint density at radius 3 is 2.95 bits per heavy atom. The zero-order chi connectivity index (χ0) is 13.8. The SMILES string of the molecule is C[C@@H]1CN(CC(=O)Nc2ccc(F)c(F)c2)CCO1. The van der Waals surface area contributed by atoms with Gasteiger partial charge in [-0.15, -0.1) is 0 Å². The second-order valence-electron chi connectivity index (χ2n) is 4.59. The highest BCUT2D eigenvalue weighted by atomic mass is 19.2. The van der Waals surface area contributed by atoms with Gasteiger partial charge in [0.05, 0.1) is 19.3 Å². The fourth-order valence-electron chi connectivity index (χ4n) is 2.01. The molecule has 4 nitrogen and oxygen atoms in total. The lowest BCUT2D eigenvalue weighted by Gasteiger charge is -2.30. The van der Waals surface area contributed by atoms with Crippen LogP contribution in [0.1, 0.15) is 6.92 Å². The molecule has 1 aliphatic rings. The number of ether oxygens (including phenoxy) is 1. The summed E-state index contributed by atoms with van der Waals surface area (Å²) in [5.74, 6) is -2.15. The Morgan fingerprint density at radius 1 is 1.47 bits per heavy atom. The van der Waals surface area contributed by atoms with Crippen molar-refractivity contribution in [1.82, 2.24) is 4.90 Å². The van der Waals surface area contributed by atoms with Crippen LogP contribution in [0, 0.1) is 11.6 Å². The number of nitrogens with one attached hydrogen (secondary N) is 1. The van der Waals surface area contributed by atoms with Gasteiger partial charge < -0.3 is 10.1 Å². The van der Waals surface area contributed by atoms with Gasteiger partial charge >= 0.3 is 0 Å². The molecule has 2 rings (SSSR count). The van der Waals surface area contributed by atoms with Crippen LogP contribution in [0.15, 0.2) is 18.2 Å². The molecule has 0 aromatic heterocycles. The average Bonchev–Trinajstić information content (AvgIpc) is 2.34. The van der Waals surface area contributed by atoms with E-state index in [0.717, 1.165) is 12.1 Å². The Labute approximate surface area is 110 Å². The molecule has 0 unspecified atom stereocenters. The molecule has 1 amide bonds. The van der Waals surface area contributed by atoms with Gasteiger partial charge in [-0.2, -0.15) is 0 Å². The van der Waals surface area contributed by atoms with Crippen molar-refractivity contribution in [2.45, 2.75) is 13.0 Å². The highest BCUT2D eigenvalue weighted by Gasteiger charge is 2.19. The van der Waals surface area contributed by atoms with Crippen LogP contribution in [0.3, 0.4) is 0 Å². The Bertz CT molecular complexity index is 468. The lowest BCUT2D eigenvalue weighted by atomic mass is 10.2. The van der Waals surface area contributed by atoms with Crippen LogP contribution >= 0.6 is 0 Å². The van der Waals surface area contributed by atoms with E-state index in [2.05, 4.69) is 5.32 Å². The summed E-state index contributed by atoms with van der Waals surface area (Å²) in [6.45, 7) is 4.13. The van der Waals surface area contributed by atoms with Crippen molar-refractivity contribution in [2.24, 2.45) is 0 Å². The first kappa shape index (κ1) is 13.9. The molecular formula is C13H16F2N2O2. The number of anilines is 1. The minimum absolute atomic E-state index is 0.102. The minimum Gasteiger partial charge on any atom is -0.376 e. The maximum Gasteiger partial charge on any atom is 0.238 e. The first-order valence-electron chi connectivity index (χ1n) is 6.13. The minimum atomic E-state index is -0.974. The van der Waals surface area contributed by atoms with Crippen LogP contribution < -0.4 is 5.32 Å². The van der Waals surface area contributed by atoms with Crippen molar-refractivity contribution < 1.29 is 18.3 Å². The third-order valence-corrected chi connectivity index (χ3v) is 2.90.